The molecule has 0 aromatic heterocycles. The van der Waals surface area contributed by atoms with Gasteiger partial charge in [-0.25, -0.2) is 8.78 Å². The minimum absolute atomic E-state index is 0.0283. The normalized spacial score (nSPS) is 16.4. The molecule has 2 aromatic carbocycles. The van der Waals surface area contributed by atoms with Gasteiger partial charge in [-0.2, -0.15) is 5.26 Å². The zero-order chi connectivity index (χ0) is 17.0. The molecule has 0 spiro atoms. The van der Waals surface area contributed by atoms with E-state index < -0.39 is 11.6 Å². The first-order chi connectivity index (χ1) is 11.6. The van der Waals surface area contributed by atoms with E-state index in [0.717, 1.165) is 30.5 Å². The molecule has 1 saturated heterocycles. The molecule has 3 nitrogen and oxygen atoms in total. The van der Waals surface area contributed by atoms with E-state index in [0.29, 0.717) is 19.8 Å². The zero-order valence-corrected chi connectivity index (χ0v) is 13.2. The standard InChI is InChI=1S/C19H18F2N2O/c20-16-10-14(12-22)11-17(21)18(16)23-13-19(6-8-24-9-7-19)15-4-2-1-3-5-15/h1-5,10-11,23H,6-9,13H2. The maximum absolute atomic E-state index is 14.1. The summed E-state index contributed by atoms with van der Waals surface area (Å²) in [6.45, 7) is 1.64. The Balaban J connectivity index is 1.86. The first-order valence-electron chi connectivity index (χ1n) is 7.91. The second-order valence-electron chi connectivity index (χ2n) is 6.04. The minimum Gasteiger partial charge on any atom is -0.381 e. The van der Waals surface area contributed by atoms with Gasteiger partial charge in [0.25, 0.3) is 0 Å². The van der Waals surface area contributed by atoms with Gasteiger partial charge in [0.2, 0.25) is 0 Å². The van der Waals surface area contributed by atoms with Gasteiger partial charge in [0, 0.05) is 25.2 Å². The van der Waals surface area contributed by atoms with Gasteiger partial charge < -0.3 is 10.1 Å². The molecule has 24 heavy (non-hydrogen) atoms. The van der Waals surface area contributed by atoms with Crippen molar-refractivity contribution in [2.45, 2.75) is 18.3 Å². The van der Waals surface area contributed by atoms with Gasteiger partial charge in [-0.15, -0.1) is 0 Å². The van der Waals surface area contributed by atoms with Crippen LogP contribution in [-0.2, 0) is 10.2 Å². The van der Waals surface area contributed by atoms with E-state index in [2.05, 4.69) is 5.32 Å². The molecule has 0 saturated carbocycles. The molecule has 2 aromatic rings. The van der Waals surface area contributed by atoms with Crippen LogP contribution in [0.2, 0.25) is 0 Å². The first kappa shape index (κ1) is 16.4. The highest BCUT2D eigenvalue weighted by atomic mass is 19.1. The Bertz CT molecular complexity index is 727. The van der Waals surface area contributed by atoms with Crippen molar-refractivity contribution in [2.75, 3.05) is 25.1 Å². The Labute approximate surface area is 139 Å². The minimum atomic E-state index is -0.748. The van der Waals surface area contributed by atoms with Crippen LogP contribution in [0, 0.1) is 23.0 Å². The van der Waals surface area contributed by atoms with E-state index >= 15 is 0 Å². The van der Waals surface area contributed by atoms with Crippen LogP contribution < -0.4 is 5.32 Å². The number of benzene rings is 2. The Kier molecular flexibility index (Phi) is 4.77. The van der Waals surface area contributed by atoms with Crippen molar-refractivity contribution in [3.63, 3.8) is 0 Å². The van der Waals surface area contributed by atoms with Crippen LogP contribution in [-0.4, -0.2) is 19.8 Å². The molecule has 0 radical (unpaired) electrons. The Morgan fingerprint density at radius 3 is 2.29 bits per heavy atom. The molecule has 0 unspecified atom stereocenters. The molecule has 0 aliphatic carbocycles. The highest BCUT2D eigenvalue weighted by Gasteiger charge is 2.34. The van der Waals surface area contributed by atoms with Crippen LogP contribution in [0.3, 0.4) is 0 Å². The predicted octanol–water partition coefficient (Wildman–Crippen LogP) is 4.00. The molecule has 3 rings (SSSR count). The summed E-state index contributed by atoms with van der Waals surface area (Å²) in [5.41, 5.74) is 0.692. The van der Waals surface area contributed by atoms with E-state index in [-0.39, 0.29) is 16.7 Å². The molecular formula is C19H18F2N2O. The smallest absolute Gasteiger partial charge is 0.150 e. The van der Waals surface area contributed by atoms with Gasteiger partial charge in [0.05, 0.1) is 11.6 Å². The average molecular weight is 328 g/mol. The van der Waals surface area contributed by atoms with Crippen LogP contribution in [0.5, 0.6) is 0 Å². The van der Waals surface area contributed by atoms with Crippen molar-refractivity contribution < 1.29 is 13.5 Å². The summed E-state index contributed by atoms with van der Waals surface area (Å²) in [5, 5.41) is 11.7. The third-order valence-electron chi connectivity index (χ3n) is 4.61. The van der Waals surface area contributed by atoms with Crippen molar-refractivity contribution >= 4 is 5.69 Å². The van der Waals surface area contributed by atoms with Crippen molar-refractivity contribution in [1.29, 1.82) is 5.26 Å². The zero-order valence-electron chi connectivity index (χ0n) is 13.2. The number of nitrogens with zero attached hydrogens (tertiary/aromatic N) is 1. The lowest BCUT2D eigenvalue weighted by atomic mass is 9.74. The van der Waals surface area contributed by atoms with Crippen LogP contribution in [0.4, 0.5) is 14.5 Å². The molecule has 124 valence electrons. The number of rotatable bonds is 4. The number of nitriles is 1. The monoisotopic (exact) mass is 328 g/mol. The Morgan fingerprint density at radius 2 is 1.71 bits per heavy atom. The quantitative estimate of drug-likeness (QED) is 0.923. The lowest BCUT2D eigenvalue weighted by Gasteiger charge is -2.38. The highest BCUT2D eigenvalue weighted by Crippen LogP contribution is 2.35. The van der Waals surface area contributed by atoms with Gasteiger partial charge in [-0.3, -0.25) is 0 Å². The van der Waals surface area contributed by atoms with Gasteiger partial charge >= 0.3 is 0 Å². The van der Waals surface area contributed by atoms with Crippen LogP contribution in [0.25, 0.3) is 0 Å². The number of anilines is 1. The largest absolute Gasteiger partial charge is 0.381 e. The lowest BCUT2D eigenvalue weighted by molar-refractivity contribution is 0.0543. The predicted molar refractivity (Wildman–Crippen MR) is 87.7 cm³/mol. The van der Waals surface area contributed by atoms with Gasteiger partial charge in [-0.05, 0) is 30.5 Å². The van der Waals surface area contributed by atoms with Gasteiger partial charge in [0.1, 0.15) is 5.69 Å². The van der Waals surface area contributed by atoms with Crippen LogP contribution in [0.15, 0.2) is 42.5 Å². The second kappa shape index (κ2) is 6.98. The number of nitrogens with one attached hydrogen (secondary N) is 1. The maximum atomic E-state index is 14.1. The lowest BCUT2D eigenvalue weighted by Crippen LogP contribution is -2.40. The summed E-state index contributed by atoms with van der Waals surface area (Å²) in [6.07, 6.45) is 1.56. The first-order valence-corrected chi connectivity index (χ1v) is 7.91. The molecule has 1 N–H and O–H groups in total. The van der Waals surface area contributed by atoms with Crippen molar-refractivity contribution in [2.24, 2.45) is 0 Å². The van der Waals surface area contributed by atoms with E-state index in [9.17, 15) is 8.78 Å². The Morgan fingerprint density at radius 1 is 1.08 bits per heavy atom. The van der Waals surface area contributed by atoms with E-state index in [4.69, 9.17) is 10.00 Å². The number of hydrogen-bond donors (Lipinski definition) is 1. The van der Waals surface area contributed by atoms with Crippen LogP contribution in [0.1, 0.15) is 24.0 Å². The fourth-order valence-electron chi connectivity index (χ4n) is 3.19. The van der Waals surface area contributed by atoms with Gasteiger partial charge in [-0.1, -0.05) is 30.3 Å². The summed E-state index contributed by atoms with van der Waals surface area (Å²) >= 11 is 0. The van der Waals surface area contributed by atoms with Crippen molar-refractivity contribution in [3.8, 4) is 6.07 Å². The molecule has 1 heterocycles. The summed E-state index contributed by atoms with van der Waals surface area (Å²) in [7, 11) is 0. The highest BCUT2D eigenvalue weighted by molar-refractivity contribution is 5.51. The molecule has 0 atom stereocenters. The molecule has 0 amide bonds. The molecule has 5 heteroatoms. The topological polar surface area (TPSA) is 45.0 Å². The molecular weight excluding hydrogens is 310 g/mol. The third-order valence-corrected chi connectivity index (χ3v) is 4.61. The fraction of sp³-hybridized carbons (Fsp3) is 0.316. The van der Waals surface area contributed by atoms with Crippen molar-refractivity contribution in [3.05, 3.63) is 65.2 Å². The van der Waals surface area contributed by atoms with E-state index in [1.807, 2.05) is 30.3 Å². The Hall–Kier alpha value is -2.45. The number of halogens is 2. The number of ether oxygens (including phenoxy) is 1. The third kappa shape index (κ3) is 3.24. The van der Waals surface area contributed by atoms with E-state index in [1.54, 1.807) is 6.07 Å². The molecule has 1 aliphatic heterocycles. The van der Waals surface area contributed by atoms with Crippen molar-refractivity contribution in [1.82, 2.24) is 0 Å². The molecule has 1 aliphatic rings. The fourth-order valence-corrected chi connectivity index (χ4v) is 3.19. The molecule has 0 bridgehead atoms. The number of hydrogen-bond acceptors (Lipinski definition) is 3. The second-order valence-corrected chi connectivity index (χ2v) is 6.04. The maximum Gasteiger partial charge on any atom is 0.150 e. The summed E-state index contributed by atoms with van der Waals surface area (Å²) < 4.78 is 33.7. The van der Waals surface area contributed by atoms with E-state index in [1.165, 1.54) is 0 Å². The summed E-state index contributed by atoms with van der Waals surface area (Å²) in [5.74, 6) is -1.50. The summed E-state index contributed by atoms with van der Waals surface area (Å²) in [6, 6.07) is 13.8. The summed E-state index contributed by atoms with van der Waals surface area (Å²) in [4.78, 5) is 0. The van der Waals surface area contributed by atoms with Gasteiger partial charge in [0.15, 0.2) is 11.6 Å². The molecule has 1 fully saturated rings. The van der Waals surface area contributed by atoms with Crippen LogP contribution >= 0.6 is 0 Å². The average Bonchev–Trinajstić information content (AvgIpc) is 2.62. The SMILES string of the molecule is N#Cc1cc(F)c(NCC2(c3ccccc3)CCOCC2)c(F)c1.